The molecule has 3 atom stereocenters. The molecule has 3 unspecified atom stereocenters. The third-order valence-corrected chi connectivity index (χ3v) is 16.3. The van der Waals surface area contributed by atoms with Gasteiger partial charge in [-0.15, -0.1) is 0 Å². The molecule has 4 aromatic carbocycles. The van der Waals surface area contributed by atoms with Crippen LogP contribution in [0.1, 0.15) is 87.3 Å². The molecule has 0 saturated heterocycles. The van der Waals surface area contributed by atoms with Gasteiger partial charge in [0.05, 0.1) is 10.7 Å². The number of nitrogens with one attached hydrogen (secondary N) is 1. The number of aromatic nitrogens is 3. The number of rotatable bonds is 14. The lowest BCUT2D eigenvalue weighted by atomic mass is 9.73. The predicted molar refractivity (Wildman–Crippen MR) is 271 cm³/mol. The van der Waals surface area contributed by atoms with Gasteiger partial charge in [0.2, 0.25) is 17.1 Å². The van der Waals surface area contributed by atoms with Crippen LogP contribution in [0.2, 0.25) is 0 Å². The second-order valence-corrected chi connectivity index (χ2v) is 20.0. The van der Waals surface area contributed by atoms with Crippen molar-refractivity contribution in [2.75, 3.05) is 25.8 Å². The number of anilines is 1. The van der Waals surface area contributed by atoms with E-state index in [9.17, 15) is 4.79 Å². The summed E-state index contributed by atoms with van der Waals surface area (Å²) in [6.45, 7) is 6.72. The summed E-state index contributed by atoms with van der Waals surface area (Å²) in [4.78, 5) is 21.4. The zero-order chi connectivity index (χ0) is 45.1. The highest BCUT2D eigenvalue weighted by Crippen LogP contribution is 2.49. The topological polar surface area (TPSA) is 62.2 Å². The van der Waals surface area contributed by atoms with Crippen LogP contribution in [0.4, 0.5) is 5.69 Å². The molecule has 1 aliphatic carbocycles. The number of benzene rings is 4. The van der Waals surface area contributed by atoms with E-state index in [2.05, 4.69) is 193 Å². The number of nitrogens with zero attached hydrogens (tertiary/aromatic N) is 4. The number of ether oxygens (including phenoxy) is 1. The number of carbonyl (C=O) groups is 1. The minimum absolute atomic E-state index is 0.0326. The monoisotopic (exact) mass is 897 g/mol. The van der Waals surface area contributed by atoms with Gasteiger partial charge in [-0.2, -0.15) is 9.13 Å². The van der Waals surface area contributed by atoms with Crippen molar-refractivity contribution in [2.45, 2.75) is 76.0 Å². The molecule has 1 aliphatic heterocycles. The van der Waals surface area contributed by atoms with Crippen LogP contribution in [0.15, 0.2) is 161 Å². The summed E-state index contributed by atoms with van der Waals surface area (Å²) in [5.74, 6) is 0.454. The van der Waals surface area contributed by atoms with Crippen LogP contribution in [-0.2, 0) is 16.6 Å². The van der Waals surface area contributed by atoms with Crippen molar-refractivity contribution >= 4 is 78.2 Å². The lowest BCUT2D eigenvalue weighted by Crippen LogP contribution is -2.40. The van der Waals surface area contributed by atoms with Crippen molar-refractivity contribution in [1.82, 2.24) is 10.3 Å². The van der Waals surface area contributed by atoms with E-state index in [1.807, 2.05) is 35.5 Å². The van der Waals surface area contributed by atoms with Gasteiger partial charge < -0.3 is 15.0 Å². The highest BCUT2D eigenvalue weighted by atomic mass is 32.2. The third kappa shape index (κ3) is 9.07. The molecule has 1 amide bonds. The van der Waals surface area contributed by atoms with E-state index in [1.165, 1.54) is 80.4 Å². The van der Waals surface area contributed by atoms with Crippen LogP contribution in [0.5, 0.6) is 0 Å². The van der Waals surface area contributed by atoms with Gasteiger partial charge in [0.1, 0.15) is 18.5 Å². The summed E-state index contributed by atoms with van der Waals surface area (Å²) >= 11 is 3.73. The zero-order valence-electron chi connectivity index (χ0n) is 38.4. The largest absolute Gasteiger partial charge is 0.364 e. The van der Waals surface area contributed by atoms with Crippen LogP contribution in [0.3, 0.4) is 0 Å². The number of hydrogen-bond donors (Lipinski definition) is 1. The summed E-state index contributed by atoms with van der Waals surface area (Å²) in [7, 11) is 5.98. The fraction of sp³-hybridized carbons (Fsp3) is 0.286. The number of thioether (sulfide) groups is 1. The number of amides is 1. The highest BCUT2D eigenvalue weighted by Gasteiger charge is 2.35. The normalized spacial score (nSPS) is 17.4. The third-order valence-electron chi connectivity index (χ3n) is 13.8. The van der Waals surface area contributed by atoms with Crippen molar-refractivity contribution in [2.24, 2.45) is 12.5 Å². The highest BCUT2D eigenvalue weighted by molar-refractivity contribution is 8.04. The number of thiazole rings is 1. The minimum Gasteiger partial charge on any atom is -0.364 e. The first kappa shape index (κ1) is 44.3. The fourth-order valence-electron chi connectivity index (χ4n) is 9.74. The molecule has 1 N–H and O–H groups in total. The average Bonchev–Trinajstić information content (AvgIpc) is 3.86. The van der Waals surface area contributed by atoms with Crippen molar-refractivity contribution in [3.8, 4) is 0 Å². The molecule has 9 rings (SSSR count). The maximum Gasteiger partial charge on any atom is 0.262 e. The SMILES string of the molecule is CCC(C)(CC(CC(C)c1cc[n+](C2=C(C=Cc3sc4c5ccccc5ccc4[n+]3C)CCCC2=CC=C2Sc3c(ccc4ccccc34)N2C)cc1)c1ccncc1)C(=O)NCOC. The average molecular weight is 898 g/mol. The molecule has 7 aromatic rings. The van der Waals surface area contributed by atoms with Crippen LogP contribution < -0.4 is 19.4 Å². The first-order chi connectivity index (χ1) is 31.7. The molecule has 65 heavy (non-hydrogen) atoms. The van der Waals surface area contributed by atoms with E-state index >= 15 is 0 Å². The Hall–Kier alpha value is -5.87. The first-order valence-corrected chi connectivity index (χ1v) is 24.5. The molecule has 0 saturated carbocycles. The van der Waals surface area contributed by atoms with Gasteiger partial charge in [-0.1, -0.05) is 98.5 Å². The van der Waals surface area contributed by atoms with E-state index in [0.29, 0.717) is 0 Å². The second kappa shape index (κ2) is 19.3. The number of hydrogen-bond acceptors (Lipinski definition) is 6. The second-order valence-electron chi connectivity index (χ2n) is 17.9. The molecule has 0 fully saturated rings. The molecule has 9 heteroatoms. The number of pyridine rings is 2. The molecule has 0 spiro atoms. The van der Waals surface area contributed by atoms with E-state index in [0.717, 1.165) is 38.5 Å². The maximum atomic E-state index is 13.5. The van der Waals surface area contributed by atoms with Gasteiger partial charge in [0.25, 0.3) is 5.01 Å². The van der Waals surface area contributed by atoms with Gasteiger partial charge in [0, 0.05) is 77.7 Å². The molecular formula is C56H59N5O2S2+2. The molecule has 7 nitrogen and oxygen atoms in total. The van der Waals surface area contributed by atoms with Gasteiger partial charge in [-0.05, 0) is 120 Å². The number of allylic oxidation sites excluding steroid dienone is 6. The Balaban J connectivity index is 1.06. The number of carbonyl (C=O) groups excluding carboxylic acids is 1. The van der Waals surface area contributed by atoms with Crippen molar-refractivity contribution in [3.05, 3.63) is 172 Å². The molecule has 3 aromatic heterocycles. The standard InChI is InChI=1S/C56H58N5O2S2/c1-7-56(3,55(62)58-37-63-6)36-45(40-27-31-57-32-28-40)35-38(2)39-29-33-61(34-30-39)52-43(21-25-50-59(4)48-23-19-41-13-8-10-17-46(41)53(48)64-50)15-12-16-44(52)22-26-51-60(5)49-24-20-42-14-9-11-18-47(42)54(49)65-51/h8-11,13-14,17-34,38,45H,7,12,15-16,35-37H2,1-6H3/q+1/p+1. The van der Waals surface area contributed by atoms with Gasteiger partial charge in [-0.25, -0.2) is 0 Å². The van der Waals surface area contributed by atoms with Gasteiger partial charge in [0.15, 0.2) is 12.4 Å². The van der Waals surface area contributed by atoms with E-state index in [-0.39, 0.29) is 24.5 Å². The Morgan fingerprint density at radius 1 is 0.908 bits per heavy atom. The number of fused-ring (bicyclic) bond motifs is 6. The summed E-state index contributed by atoms with van der Waals surface area (Å²) in [5.41, 5.74) is 8.38. The minimum atomic E-state index is -0.537. The predicted octanol–water partition coefficient (Wildman–Crippen LogP) is 12.6. The van der Waals surface area contributed by atoms with Crippen molar-refractivity contribution < 1.29 is 18.7 Å². The van der Waals surface area contributed by atoms with Crippen molar-refractivity contribution in [3.63, 3.8) is 0 Å². The van der Waals surface area contributed by atoms with Gasteiger partial charge >= 0.3 is 0 Å². The molecule has 0 bridgehead atoms. The number of aryl methyl sites for hydroxylation is 1. The van der Waals surface area contributed by atoms with Gasteiger partial charge in [-0.3, -0.25) is 9.78 Å². The summed E-state index contributed by atoms with van der Waals surface area (Å²) < 4.78 is 11.2. The fourth-order valence-corrected chi connectivity index (χ4v) is 12.1. The van der Waals surface area contributed by atoms with E-state index in [4.69, 9.17) is 4.74 Å². The van der Waals surface area contributed by atoms with Crippen LogP contribution in [0, 0.1) is 5.41 Å². The zero-order valence-corrected chi connectivity index (χ0v) is 40.0. The molecule has 330 valence electrons. The Morgan fingerprint density at radius 2 is 1.63 bits per heavy atom. The summed E-state index contributed by atoms with van der Waals surface area (Å²) in [5, 5.41) is 10.6. The Kier molecular flexibility index (Phi) is 13.2. The summed E-state index contributed by atoms with van der Waals surface area (Å²) in [6, 6.07) is 35.2. The first-order valence-electron chi connectivity index (χ1n) is 22.9. The van der Waals surface area contributed by atoms with Crippen LogP contribution >= 0.6 is 23.1 Å². The van der Waals surface area contributed by atoms with E-state index in [1.54, 1.807) is 7.11 Å². The molecular weight excluding hydrogens is 839 g/mol. The van der Waals surface area contributed by atoms with Crippen molar-refractivity contribution in [1.29, 1.82) is 0 Å². The Labute approximate surface area is 391 Å². The maximum absolute atomic E-state index is 13.5. The quantitative estimate of drug-likeness (QED) is 0.0870. The molecule has 2 aliphatic rings. The molecule has 4 heterocycles. The lowest BCUT2D eigenvalue weighted by molar-refractivity contribution is -0.642. The smallest absolute Gasteiger partial charge is 0.262 e. The Bertz CT molecular complexity index is 3010. The van der Waals surface area contributed by atoms with Crippen LogP contribution in [-0.4, -0.2) is 31.8 Å². The number of methoxy groups -OCH3 is 1. The Morgan fingerprint density at radius 3 is 2.38 bits per heavy atom. The summed E-state index contributed by atoms with van der Waals surface area (Å²) in [6.07, 6.45) is 23.1. The lowest BCUT2D eigenvalue weighted by Gasteiger charge is -2.32. The van der Waals surface area contributed by atoms with E-state index < -0.39 is 5.41 Å². The van der Waals surface area contributed by atoms with Crippen LogP contribution in [0.25, 0.3) is 43.5 Å². The molecule has 0 radical (unpaired) electrons.